The third kappa shape index (κ3) is 5.74. The van der Waals surface area contributed by atoms with Crippen LogP contribution in [0.4, 0.5) is 5.69 Å². The number of thiocarbonyl (C=S) groups is 1. The largest absolute Gasteiger partial charge is 0.479 e. The number of nitrogens with zero attached hydrogens (tertiary/aromatic N) is 1. The molecule has 0 aliphatic carbocycles. The predicted octanol–water partition coefficient (Wildman–Crippen LogP) is 7.39. The Hall–Kier alpha value is -2.55. The van der Waals surface area contributed by atoms with E-state index in [2.05, 4.69) is 15.6 Å². The molecule has 11 heteroatoms. The van der Waals surface area contributed by atoms with Crippen LogP contribution in [-0.4, -0.2) is 22.1 Å². The number of fused-ring (bicyclic) bond motifs is 1. The average Bonchev–Trinajstić information content (AvgIpc) is 3.18. The topological polar surface area (TPSA) is 76.4 Å². The molecule has 1 atom stereocenters. The van der Waals surface area contributed by atoms with Crippen molar-refractivity contribution in [2.45, 2.75) is 13.0 Å². The molecule has 0 spiro atoms. The van der Waals surface area contributed by atoms with Crippen LogP contribution in [0.25, 0.3) is 22.6 Å². The molecule has 0 radical (unpaired) electrons. The van der Waals surface area contributed by atoms with Gasteiger partial charge in [0.05, 0.1) is 15.6 Å². The number of ether oxygens (including phenoxy) is 1. The van der Waals surface area contributed by atoms with Crippen molar-refractivity contribution in [1.82, 2.24) is 10.3 Å². The van der Waals surface area contributed by atoms with Crippen molar-refractivity contribution in [3.8, 4) is 17.2 Å². The first-order chi connectivity index (χ1) is 16.2. The molecule has 4 rings (SSSR count). The van der Waals surface area contributed by atoms with Crippen LogP contribution in [0, 0.1) is 0 Å². The number of aromatic nitrogens is 1. The standard InChI is InChI=1S/C23H15Cl4N3O3S/c1-11(32-19-6-3-13(25)9-17(19)27)21(31)30-23(34)28-14-4-7-20-18(10-14)29-22(33-20)15-5-2-12(24)8-16(15)26/h2-11H,1H3,(H2,28,30,31,34). The molecule has 34 heavy (non-hydrogen) atoms. The fourth-order valence-corrected chi connectivity index (χ4v) is 4.13. The number of anilines is 1. The first kappa shape index (κ1) is 24.6. The zero-order chi connectivity index (χ0) is 24.4. The summed E-state index contributed by atoms with van der Waals surface area (Å²) in [5, 5.41) is 7.33. The number of hydrogen-bond acceptors (Lipinski definition) is 5. The van der Waals surface area contributed by atoms with E-state index < -0.39 is 12.0 Å². The van der Waals surface area contributed by atoms with Gasteiger partial charge in [0.2, 0.25) is 5.89 Å². The summed E-state index contributed by atoms with van der Waals surface area (Å²) in [5.74, 6) is 0.239. The van der Waals surface area contributed by atoms with Crippen molar-refractivity contribution < 1.29 is 13.9 Å². The lowest BCUT2D eigenvalue weighted by Gasteiger charge is -2.16. The molecule has 0 bridgehead atoms. The molecule has 2 N–H and O–H groups in total. The van der Waals surface area contributed by atoms with Gasteiger partial charge in [-0.15, -0.1) is 0 Å². The Kier molecular flexibility index (Phi) is 7.50. The highest BCUT2D eigenvalue weighted by molar-refractivity contribution is 7.80. The summed E-state index contributed by atoms with van der Waals surface area (Å²) in [7, 11) is 0. The molecule has 6 nitrogen and oxygen atoms in total. The first-order valence-corrected chi connectivity index (χ1v) is 11.7. The second-order valence-electron chi connectivity index (χ2n) is 7.10. The van der Waals surface area contributed by atoms with Gasteiger partial charge in [0.25, 0.3) is 5.91 Å². The Bertz CT molecular complexity index is 1410. The monoisotopic (exact) mass is 553 g/mol. The molecule has 1 unspecified atom stereocenters. The summed E-state index contributed by atoms with van der Waals surface area (Å²) < 4.78 is 11.4. The summed E-state index contributed by atoms with van der Waals surface area (Å²) in [6.07, 6.45) is -0.858. The van der Waals surface area contributed by atoms with Gasteiger partial charge in [-0.05, 0) is 73.7 Å². The first-order valence-electron chi connectivity index (χ1n) is 9.79. The van der Waals surface area contributed by atoms with Crippen molar-refractivity contribution in [2.24, 2.45) is 0 Å². The van der Waals surface area contributed by atoms with Gasteiger partial charge in [0.1, 0.15) is 11.3 Å². The van der Waals surface area contributed by atoms with Gasteiger partial charge >= 0.3 is 0 Å². The van der Waals surface area contributed by atoms with Crippen LogP contribution in [0.1, 0.15) is 6.92 Å². The maximum absolute atomic E-state index is 12.5. The molecule has 1 heterocycles. The van der Waals surface area contributed by atoms with Crippen LogP contribution in [0.2, 0.25) is 20.1 Å². The minimum absolute atomic E-state index is 0.0893. The third-order valence-corrected chi connectivity index (χ3v) is 5.89. The van der Waals surface area contributed by atoms with Crippen LogP contribution >= 0.6 is 58.6 Å². The highest BCUT2D eigenvalue weighted by atomic mass is 35.5. The minimum atomic E-state index is -0.858. The molecule has 3 aromatic carbocycles. The van der Waals surface area contributed by atoms with Gasteiger partial charge in [0, 0.05) is 15.7 Å². The lowest BCUT2D eigenvalue weighted by molar-refractivity contribution is -0.125. The number of rotatable bonds is 5. The summed E-state index contributed by atoms with van der Waals surface area (Å²) in [6.45, 7) is 1.58. The van der Waals surface area contributed by atoms with Crippen LogP contribution in [-0.2, 0) is 4.79 Å². The van der Waals surface area contributed by atoms with Crippen LogP contribution in [0.5, 0.6) is 5.75 Å². The number of halogens is 4. The van der Waals surface area contributed by atoms with E-state index in [4.69, 9.17) is 67.8 Å². The van der Waals surface area contributed by atoms with Crippen LogP contribution in [0.3, 0.4) is 0 Å². The van der Waals surface area contributed by atoms with E-state index in [1.54, 1.807) is 55.5 Å². The summed E-state index contributed by atoms with van der Waals surface area (Å²) in [4.78, 5) is 17.0. The van der Waals surface area contributed by atoms with Gasteiger partial charge in [-0.1, -0.05) is 46.4 Å². The van der Waals surface area contributed by atoms with Gasteiger partial charge in [-0.25, -0.2) is 4.98 Å². The van der Waals surface area contributed by atoms with Crippen molar-refractivity contribution in [3.63, 3.8) is 0 Å². The molecule has 174 valence electrons. The molecule has 0 fully saturated rings. The summed E-state index contributed by atoms with van der Waals surface area (Å²) in [6, 6.07) is 15.0. The Labute approximate surface area is 220 Å². The molecule has 0 aliphatic heterocycles. The summed E-state index contributed by atoms with van der Waals surface area (Å²) in [5.41, 5.74) is 2.36. The number of oxazole rings is 1. The normalized spacial score (nSPS) is 11.8. The second kappa shape index (κ2) is 10.4. The predicted molar refractivity (Wildman–Crippen MR) is 140 cm³/mol. The highest BCUT2D eigenvalue weighted by Crippen LogP contribution is 2.32. The average molecular weight is 555 g/mol. The Balaban J connectivity index is 1.41. The fraction of sp³-hybridized carbons (Fsp3) is 0.0870. The van der Waals surface area contributed by atoms with E-state index in [-0.39, 0.29) is 5.11 Å². The van der Waals surface area contributed by atoms with Crippen molar-refractivity contribution in [2.75, 3.05) is 5.32 Å². The highest BCUT2D eigenvalue weighted by Gasteiger charge is 2.18. The number of carbonyl (C=O) groups excluding carboxylic acids is 1. The lowest BCUT2D eigenvalue weighted by atomic mass is 10.2. The van der Waals surface area contributed by atoms with Crippen molar-refractivity contribution >= 4 is 86.4 Å². The number of benzene rings is 3. The van der Waals surface area contributed by atoms with Crippen molar-refractivity contribution in [1.29, 1.82) is 0 Å². The molecular formula is C23H15Cl4N3O3S. The third-order valence-electron chi connectivity index (χ3n) is 4.61. The molecule has 0 aliphatic rings. The van der Waals surface area contributed by atoms with E-state index in [9.17, 15) is 4.79 Å². The Morgan fingerprint density at radius 2 is 1.71 bits per heavy atom. The molecule has 1 amide bonds. The minimum Gasteiger partial charge on any atom is -0.479 e. The van der Waals surface area contributed by atoms with Gasteiger partial charge in [0.15, 0.2) is 16.8 Å². The van der Waals surface area contributed by atoms with E-state index in [0.717, 1.165) is 0 Å². The van der Waals surface area contributed by atoms with E-state index >= 15 is 0 Å². The number of nitrogens with one attached hydrogen (secondary N) is 2. The zero-order valence-electron chi connectivity index (χ0n) is 17.4. The number of hydrogen-bond donors (Lipinski definition) is 2. The van der Waals surface area contributed by atoms with E-state index in [0.29, 0.717) is 54.1 Å². The lowest BCUT2D eigenvalue weighted by Crippen LogP contribution is -2.42. The Morgan fingerprint density at radius 3 is 2.41 bits per heavy atom. The smallest absolute Gasteiger partial charge is 0.266 e. The second-order valence-corrected chi connectivity index (χ2v) is 9.20. The molecule has 1 aromatic heterocycles. The van der Waals surface area contributed by atoms with Crippen molar-refractivity contribution in [3.05, 3.63) is 74.7 Å². The summed E-state index contributed by atoms with van der Waals surface area (Å²) >= 11 is 29.4. The zero-order valence-corrected chi connectivity index (χ0v) is 21.2. The van der Waals surface area contributed by atoms with Crippen LogP contribution in [0.15, 0.2) is 59.0 Å². The van der Waals surface area contributed by atoms with E-state index in [1.165, 1.54) is 6.07 Å². The van der Waals surface area contributed by atoms with Gasteiger partial charge in [-0.2, -0.15) is 0 Å². The molecular weight excluding hydrogens is 540 g/mol. The van der Waals surface area contributed by atoms with E-state index in [1.807, 2.05) is 0 Å². The van der Waals surface area contributed by atoms with Gasteiger partial charge in [-0.3, -0.25) is 10.1 Å². The maximum Gasteiger partial charge on any atom is 0.266 e. The van der Waals surface area contributed by atoms with Gasteiger partial charge < -0.3 is 14.5 Å². The van der Waals surface area contributed by atoms with Crippen LogP contribution < -0.4 is 15.4 Å². The quantitative estimate of drug-likeness (QED) is 0.250. The number of carbonyl (C=O) groups is 1. The molecule has 4 aromatic rings. The number of amides is 1. The Morgan fingerprint density at radius 1 is 1.00 bits per heavy atom. The fourth-order valence-electron chi connectivity index (χ4n) is 2.97. The molecule has 0 saturated carbocycles. The maximum atomic E-state index is 12.5. The molecule has 0 saturated heterocycles. The SMILES string of the molecule is CC(Oc1ccc(Cl)cc1Cl)C(=O)NC(=S)Nc1ccc2oc(-c3ccc(Cl)cc3Cl)nc2c1.